The van der Waals surface area contributed by atoms with E-state index < -0.39 is 11.7 Å². The van der Waals surface area contributed by atoms with Crippen molar-refractivity contribution in [2.24, 2.45) is 0 Å². The van der Waals surface area contributed by atoms with Crippen molar-refractivity contribution < 1.29 is 13.2 Å². The molecular formula is C15H11F3N2S. The maximum absolute atomic E-state index is 12.7. The van der Waals surface area contributed by atoms with E-state index in [4.69, 9.17) is 0 Å². The fourth-order valence-corrected chi connectivity index (χ4v) is 2.75. The number of H-pyrrole nitrogens is 1. The molecule has 3 aromatic rings. The third kappa shape index (κ3) is 2.63. The Morgan fingerprint density at radius 1 is 1.10 bits per heavy atom. The number of nitrogens with zero attached hydrogens (tertiary/aromatic N) is 1. The van der Waals surface area contributed by atoms with Gasteiger partial charge >= 0.3 is 6.18 Å². The van der Waals surface area contributed by atoms with E-state index in [-0.39, 0.29) is 0 Å². The Kier molecular flexibility index (Phi) is 3.41. The van der Waals surface area contributed by atoms with E-state index >= 15 is 0 Å². The van der Waals surface area contributed by atoms with E-state index in [1.54, 1.807) is 11.8 Å². The van der Waals surface area contributed by atoms with Crippen LogP contribution in [-0.2, 0) is 6.18 Å². The van der Waals surface area contributed by atoms with Crippen LogP contribution in [0.15, 0.2) is 47.4 Å². The van der Waals surface area contributed by atoms with Gasteiger partial charge in [-0.05, 0) is 30.5 Å². The van der Waals surface area contributed by atoms with E-state index in [1.165, 1.54) is 6.07 Å². The lowest BCUT2D eigenvalue weighted by Crippen LogP contribution is -2.04. The first-order valence-electron chi connectivity index (χ1n) is 6.19. The zero-order valence-corrected chi connectivity index (χ0v) is 11.8. The molecule has 21 heavy (non-hydrogen) atoms. The molecule has 0 atom stereocenters. The number of hydrogen-bond donors (Lipinski definition) is 1. The van der Waals surface area contributed by atoms with Crippen molar-refractivity contribution >= 4 is 22.8 Å². The third-order valence-corrected chi connectivity index (χ3v) is 3.97. The Bertz CT molecular complexity index is 793. The number of halogens is 3. The molecule has 0 spiro atoms. The molecule has 0 saturated heterocycles. The first kappa shape index (κ1) is 14.0. The zero-order valence-electron chi connectivity index (χ0n) is 11.0. The Morgan fingerprint density at radius 3 is 2.57 bits per heavy atom. The number of nitrogens with one attached hydrogen (secondary N) is 1. The molecule has 2 nitrogen and oxygen atoms in total. The van der Waals surface area contributed by atoms with E-state index in [0.29, 0.717) is 16.9 Å². The minimum atomic E-state index is -4.35. The standard InChI is InChI=1S/C15H11F3N2S/c1-21-13-5-3-2-4-10(13)14-19-11-7-6-9(15(16,17)18)8-12(11)20-14/h2-8H,1H3,(H,19,20). The number of alkyl halides is 3. The average Bonchev–Trinajstić information content (AvgIpc) is 2.89. The first-order valence-corrected chi connectivity index (χ1v) is 7.42. The fraction of sp³-hybridized carbons (Fsp3) is 0.133. The highest BCUT2D eigenvalue weighted by Crippen LogP contribution is 2.33. The number of rotatable bonds is 2. The lowest BCUT2D eigenvalue weighted by atomic mass is 10.2. The zero-order chi connectivity index (χ0) is 15.0. The Morgan fingerprint density at radius 2 is 1.86 bits per heavy atom. The van der Waals surface area contributed by atoms with Gasteiger partial charge in [-0.1, -0.05) is 18.2 Å². The van der Waals surface area contributed by atoms with Crippen molar-refractivity contribution in [2.45, 2.75) is 11.1 Å². The topological polar surface area (TPSA) is 28.7 Å². The van der Waals surface area contributed by atoms with Crippen LogP contribution < -0.4 is 0 Å². The second-order valence-corrected chi connectivity index (χ2v) is 5.36. The van der Waals surface area contributed by atoms with Gasteiger partial charge in [-0.2, -0.15) is 13.2 Å². The highest BCUT2D eigenvalue weighted by Gasteiger charge is 2.30. The summed E-state index contributed by atoms with van der Waals surface area (Å²) in [7, 11) is 0. The van der Waals surface area contributed by atoms with E-state index in [9.17, 15) is 13.2 Å². The van der Waals surface area contributed by atoms with E-state index in [2.05, 4.69) is 9.97 Å². The van der Waals surface area contributed by atoms with Gasteiger partial charge in [0.05, 0.1) is 16.6 Å². The summed E-state index contributed by atoms with van der Waals surface area (Å²) in [6.45, 7) is 0. The molecular weight excluding hydrogens is 297 g/mol. The molecule has 0 bridgehead atoms. The van der Waals surface area contributed by atoms with Crippen LogP contribution in [0.3, 0.4) is 0 Å². The first-order chi connectivity index (χ1) is 9.99. The van der Waals surface area contributed by atoms with Crippen molar-refractivity contribution in [1.82, 2.24) is 9.97 Å². The van der Waals surface area contributed by atoms with Gasteiger partial charge in [0, 0.05) is 10.5 Å². The van der Waals surface area contributed by atoms with E-state index in [0.717, 1.165) is 22.6 Å². The Labute approximate surface area is 123 Å². The molecule has 0 amide bonds. The quantitative estimate of drug-likeness (QED) is 0.677. The highest BCUT2D eigenvalue weighted by molar-refractivity contribution is 7.98. The third-order valence-electron chi connectivity index (χ3n) is 3.17. The summed E-state index contributed by atoms with van der Waals surface area (Å²) >= 11 is 1.57. The van der Waals surface area contributed by atoms with Gasteiger partial charge in [0.15, 0.2) is 0 Å². The van der Waals surface area contributed by atoms with E-state index in [1.807, 2.05) is 30.5 Å². The molecule has 0 unspecified atom stereocenters. The summed E-state index contributed by atoms with van der Waals surface area (Å²) in [6.07, 6.45) is -2.40. The molecule has 2 aromatic carbocycles. The van der Waals surface area contributed by atoms with Crippen molar-refractivity contribution in [3.05, 3.63) is 48.0 Å². The maximum atomic E-state index is 12.7. The smallest absolute Gasteiger partial charge is 0.338 e. The molecule has 1 heterocycles. The number of aromatic amines is 1. The van der Waals surface area contributed by atoms with Crippen molar-refractivity contribution in [3.63, 3.8) is 0 Å². The van der Waals surface area contributed by atoms with Gasteiger partial charge < -0.3 is 4.98 Å². The number of fused-ring (bicyclic) bond motifs is 1. The molecule has 0 fully saturated rings. The van der Waals surface area contributed by atoms with Gasteiger partial charge in [0.1, 0.15) is 5.82 Å². The second-order valence-electron chi connectivity index (χ2n) is 4.52. The SMILES string of the molecule is CSc1ccccc1-c1nc2ccc(C(F)(F)F)cc2[nH]1. The Hall–Kier alpha value is -1.95. The molecule has 1 aromatic heterocycles. The molecule has 0 radical (unpaired) electrons. The van der Waals surface area contributed by atoms with Crippen molar-refractivity contribution in [1.29, 1.82) is 0 Å². The molecule has 3 rings (SSSR count). The maximum Gasteiger partial charge on any atom is 0.416 e. The molecule has 108 valence electrons. The minimum Gasteiger partial charge on any atom is -0.338 e. The van der Waals surface area contributed by atoms with Crippen LogP contribution in [0, 0.1) is 0 Å². The number of thioether (sulfide) groups is 1. The average molecular weight is 308 g/mol. The van der Waals surface area contributed by atoms with Gasteiger partial charge in [-0.25, -0.2) is 4.98 Å². The van der Waals surface area contributed by atoms with Gasteiger partial charge in [-0.3, -0.25) is 0 Å². The molecule has 0 aliphatic rings. The normalized spacial score (nSPS) is 12.0. The number of imidazole rings is 1. The summed E-state index contributed by atoms with van der Waals surface area (Å²) in [6, 6.07) is 11.2. The summed E-state index contributed by atoms with van der Waals surface area (Å²) in [5, 5.41) is 0. The van der Waals surface area contributed by atoms with Crippen LogP contribution in [0.25, 0.3) is 22.4 Å². The largest absolute Gasteiger partial charge is 0.416 e. The van der Waals surface area contributed by atoms with Gasteiger partial charge in [0.2, 0.25) is 0 Å². The van der Waals surface area contributed by atoms with Crippen LogP contribution in [0.1, 0.15) is 5.56 Å². The predicted molar refractivity (Wildman–Crippen MR) is 78.3 cm³/mol. The summed E-state index contributed by atoms with van der Waals surface area (Å²) in [5.74, 6) is 0.578. The number of benzene rings is 2. The lowest BCUT2D eigenvalue weighted by molar-refractivity contribution is -0.137. The van der Waals surface area contributed by atoms with Crippen LogP contribution in [0.5, 0.6) is 0 Å². The highest BCUT2D eigenvalue weighted by atomic mass is 32.2. The summed E-state index contributed by atoms with van der Waals surface area (Å²) in [5.41, 5.74) is 1.11. The second kappa shape index (κ2) is 5.11. The van der Waals surface area contributed by atoms with Gasteiger partial charge in [-0.15, -0.1) is 11.8 Å². The van der Waals surface area contributed by atoms with Crippen LogP contribution in [0.4, 0.5) is 13.2 Å². The predicted octanol–water partition coefficient (Wildman–Crippen LogP) is 4.97. The summed E-state index contributed by atoms with van der Waals surface area (Å²) in [4.78, 5) is 8.37. The molecule has 0 aliphatic carbocycles. The van der Waals surface area contributed by atoms with Gasteiger partial charge in [0.25, 0.3) is 0 Å². The van der Waals surface area contributed by atoms with Crippen molar-refractivity contribution in [3.8, 4) is 11.4 Å². The molecule has 0 aliphatic heterocycles. The minimum absolute atomic E-state index is 0.385. The van der Waals surface area contributed by atoms with Crippen LogP contribution in [0.2, 0.25) is 0 Å². The molecule has 6 heteroatoms. The Balaban J connectivity index is 2.13. The van der Waals surface area contributed by atoms with Crippen LogP contribution in [-0.4, -0.2) is 16.2 Å². The summed E-state index contributed by atoms with van der Waals surface area (Å²) < 4.78 is 38.2. The number of aromatic nitrogens is 2. The fourth-order valence-electron chi connectivity index (χ4n) is 2.15. The lowest BCUT2D eigenvalue weighted by Gasteiger charge is -2.05. The van der Waals surface area contributed by atoms with Crippen LogP contribution >= 0.6 is 11.8 Å². The molecule has 1 N–H and O–H groups in total. The number of hydrogen-bond acceptors (Lipinski definition) is 2. The monoisotopic (exact) mass is 308 g/mol. The van der Waals surface area contributed by atoms with Crippen molar-refractivity contribution in [2.75, 3.05) is 6.26 Å². The molecule has 0 saturated carbocycles.